The van der Waals surface area contributed by atoms with Crippen LogP contribution in [0.25, 0.3) is 0 Å². The summed E-state index contributed by atoms with van der Waals surface area (Å²) >= 11 is 1.57. The second-order valence-corrected chi connectivity index (χ2v) is 10.2. The smallest absolute Gasteiger partial charge is 0.262 e. The molecule has 9 heteroatoms. The van der Waals surface area contributed by atoms with Gasteiger partial charge in [0.2, 0.25) is 5.91 Å². The van der Waals surface area contributed by atoms with Crippen LogP contribution >= 0.6 is 11.8 Å². The highest BCUT2D eigenvalue weighted by Crippen LogP contribution is 2.42. The number of thioether (sulfide) groups is 1. The highest BCUT2D eigenvalue weighted by molar-refractivity contribution is 8.00. The Morgan fingerprint density at radius 3 is 2.64 bits per heavy atom. The SMILES string of the molecule is C[C@H]1CN(C(=O)C2CC2)c2cc(S(=O)(=O)Nc3cc(F)ccc3F)ccc2S1. The van der Waals surface area contributed by atoms with Gasteiger partial charge >= 0.3 is 0 Å². The Hall–Kier alpha value is -2.13. The van der Waals surface area contributed by atoms with E-state index in [4.69, 9.17) is 0 Å². The molecule has 1 heterocycles. The second-order valence-electron chi connectivity index (χ2n) is 7.01. The molecule has 2 aromatic carbocycles. The zero-order chi connectivity index (χ0) is 20.1. The van der Waals surface area contributed by atoms with Crippen molar-refractivity contribution in [1.82, 2.24) is 0 Å². The molecule has 1 amide bonds. The molecule has 0 aromatic heterocycles. The van der Waals surface area contributed by atoms with Crippen LogP contribution in [0.4, 0.5) is 20.2 Å². The first kappa shape index (κ1) is 19.2. The molecule has 0 unspecified atom stereocenters. The maximum absolute atomic E-state index is 13.8. The summed E-state index contributed by atoms with van der Waals surface area (Å²) in [4.78, 5) is 15.0. The number of nitrogens with zero attached hydrogens (tertiary/aromatic N) is 1. The van der Waals surface area contributed by atoms with Crippen LogP contribution in [0.3, 0.4) is 0 Å². The van der Waals surface area contributed by atoms with Crippen molar-refractivity contribution in [2.75, 3.05) is 16.2 Å². The van der Waals surface area contributed by atoms with E-state index in [0.29, 0.717) is 12.2 Å². The third-order valence-electron chi connectivity index (χ3n) is 4.66. The van der Waals surface area contributed by atoms with Crippen LogP contribution in [0.2, 0.25) is 0 Å². The number of nitrogens with one attached hydrogen (secondary N) is 1. The van der Waals surface area contributed by atoms with Gasteiger partial charge < -0.3 is 4.90 Å². The largest absolute Gasteiger partial charge is 0.310 e. The fraction of sp³-hybridized carbons (Fsp3) is 0.316. The molecule has 0 radical (unpaired) electrons. The van der Waals surface area contributed by atoms with E-state index in [0.717, 1.165) is 35.9 Å². The number of amides is 1. The highest BCUT2D eigenvalue weighted by atomic mass is 32.2. The zero-order valence-corrected chi connectivity index (χ0v) is 16.6. The molecule has 28 heavy (non-hydrogen) atoms. The summed E-state index contributed by atoms with van der Waals surface area (Å²) in [6.07, 6.45) is 1.70. The molecule has 2 aliphatic rings. The molecular formula is C19H18F2N2O3S2. The van der Waals surface area contributed by atoms with Gasteiger partial charge in [-0.1, -0.05) is 6.92 Å². The predicted octanol–water partition coefficient (Wildman–Crippen LogP) is 4.00. The van der Waals surface area contributed by atoms with E-state index in [1.54, 1.807) is 22.7 Å². The number of anilines is 2. The Kier molecular flexibility index (Phi) is 4.83. The van der Waals surface area contributed by atoms with Crippen molar-refractivity contribution in [3.05, 3.63) is 48.0 Å². The second kappa shape index (κ2) is 7.04. The van der Waals surface area contributed by atoms with Gasteiger partial charge in [-0.2, -0.15) is 0 Å². The third-order valence-corrected chi connectivity index (χ3v) is 7.18. The normalized spacial score (nSPS) is 19.2. The molecule has 0 bridgehead atoms. The number of halogens is 2. The van der Waals surface area contributed by atoms with Crippen LogP contribution < -0.4 is 9.62 Å². The number of carbonyl (C=O) groups is 1. The average Bonchev–Trinajstić information content (AvgIpc) is 3.48. The summed E-state index contributed by atoms with van der Waals surface area (Å²) in [5, 5.41) is 0.192. The van der Waals surface area contributed by atoms with E-state index in [1.807, 2.05) is 6.92 Å². The minimum atomic E-state index is -4.16. The fourth-order valence-electron chi connectivity index (χ4n) is 3.12. The van der Waals surface area contributed by atoms with Gasteiger partial charge in [0.1, 0.15) is 11.6 Å². The third kappa shape index (κ3) is 3.73. The van der Waals surface area contributed by atoms with Crippen molar-refractivity contribution in [2.24, 2.45) is 5.92 Å². The zero-order valence-electron chi connectivity index (χ0n) is 15.0. The first-order chi connectivity index (χ1) is 13.2. The summed E-state index contributed by atoms with van der Waals surface area (Å²) in [5.41, 5.74) is 0.0780. The quantitative estimate of drug-likeness (QED) is 0.806. The molecule has 1 fully saturated rings. The van der Waals surface area contributed by atoms with E-state index >= 15 is 0 Å². The standard InChI is InChI=1S/C19H18F2N2O3S2/c1-11-10-23(19(24)12-2-3-12)17-9-14(5-7-18(17)27-11)28(25,26)22-16-8-13(20)4-6-15(16)21/h4-9,11-12,22H,2-3,10H2,1H3/t11-/m0/s1. The Labute approximate surface area is 166 Å². The van der Waals surface area contributed by atoms with Crippen molar-refractivity contribution in [2.45, 2.75) is 34.8 Å². The molecule has 1 N–H and O–H groups in total. The van der Waals surface area contributed by atoms with E-state index in [1.165, 1.54) is 12.1 Å². The number of rotatable bonds is 4. The number of hydrogen-bond acceptors (Lipinski definition) is 4. The summed E-state index contributed by atoms with van der Waals surface area (Å²) in [7, 11) is -4.16. The molecule has 5 nitrogen and oxygen atoms in total. The number of hydrogen-bond donors (Lipinski definition) is 1. The lowest BCUT2D eigenvalue weighted by molar-refractivity contribution is -0.119. The molecular weight excluding hydrogens is 406 g/mol. The molecule has 2 aromatic rings. The minimum absolute atomic E-state index is 0.00271. The Morgan fingerprint density at radius 1 is 1.18 bits per heavy atom. The monoisotopic (exact) mass is 424 g/mol. The Balaban J connectivity index is 1.70. The van der Waals surface area contributed by atoms with Crippen molar-refractivity contribution >= 4 is 39.1 Å². The Morgan fingerprint density at radius 2 is 1.93 bits per heavy atom. The van der Waals surface area contributed by atoms with Crippen LogP contribution in [0.15, 0.2) is 46.2 Å². The predicted molar refractivity (Wildman–Crippen MR) is 104 cm³/mol. The maximum atomic E-state index is 13.8. The van der Waals surface area contributed by atoms with Crippen molar-refractivity contribution in [3.8, 4) is 0 Å². The minimum Gasteiger partial charge on any atom is -0.310 e. The summed E-state index contributed by atoms with van der Waals surface area (Å²) in [6.45, 7) is 2.52. The van der Waals surface area contributed by atoms with Crippen LogP contribution in [0, 0.1) is 17.6 Å². The number of fused-ring (bicyclic) bond motifs is 1. The van der Waals surface area contributed by atoms with Gasteiger partial charge in [0.05, 0.1) is 16.3 Å². The fourth-order valence-corrected chi connectivity index (χ4v) is 5.29. The first-order valence-corrected chi connectivity index (χ1v) is 11.2. The molecule has 0 spiro atoms. The highest BCUT2D eigenvalue weighted by Gasteiger charge is 2.37. The van der Waals surface area contributed by atoms with E-state index < -0.39 is 27.3 Å². The van der Waals surface area contributed by atoms with E-state index in [9.17, 15) is 22.0 Å². The van der Waals surface area contributed by atoms with Crippen LogP contribution in [-0.4, -0.2) is 26.1 Å². The summed E-state index contributed by atoms with van der Waals surface area (Å²) < 4.78 is 54.7. The van der Waals surface area contributed by atoms with Crippen molar-refractivity contribution < 1.29 is 22.0 Å². The van der Waals surface area contributed by atoms with Gasteiger partial charge in [0.15, 0.2) is 0 Å². The lowest BCUT2D eigenvalue weighted by Crippen LogP contribution is -2.39. The molecule has 1 aliphatic heterocycles. The van der Waals surface area contributed by atoms with Crippen LogP contribution in [-0.2, 0) is 14.8 Å². The van der Waals surface area contributed by atoms with Gasteiger partial charge in [-0.3, -0.25) is 9.52 Å². The van der Waals surface area contributed by atoms with Crippen molar-refractivity contribution in [3.63, 3.8) is 0 Å². The van der Waals surface area contributed by atoms with E-state index in [-0.39, 0.29) is 22.0 Å². The first-order valence-electron chi connectivity index (χ1n) is 8.84. The van der Waals surface area contributed by atoms with Gasteiger partial charge in [-0.05, 0) is 43.2 Å². The Bertz CT molecular complexity index is 1060. The average molecular weight is 424 g/mol. The summed E-state index contributed by atoms with van der Waals surface area (Å²) in [5.74, 6) is -1.62. The van der Waals surface area contributed by atoms with Crippen LogP contribution in [0.1, 0.15) is 19.8 Å². The lowest BCUT2D eigenvalue weighted by atomic mass is 10.2. The van der Waals surface area contributed by atoms with Gasteiger partial charge in [0.25, 0.3) is 10.0 Å². The van der Waals surface area contributed by atoms with Gasteiger partial charge in [0, 0.05) is 28.7 Å². The molecule has 0 saturated heterocycles. The lowest BCUT2D eigenvalue weighted by Gasteiger charge is -2.33. The summed E-state index contributed by atoms with van der Waals surface area (Å²) in [6, 6.07) is 7.03. The molecule has 148 valence electrons. The van der Waals surface area contributed by atoms with E-state index in [2.05, 4.69) is 4.72 Å². The molecule has 1 aliphatic carbocycles. The van der Waals surface area contributed by atoms with Crippen molar-refractivity contribution in [1.29, 1.82) is 0 Å². The molecule has 4 rings (SSSR count). The number of sulfonamides is 1. The topological polar surface area (TPSA) is 66.5 Å². The maximum Gasteiger partial charge on any atom is 0.262 e. The van der Waals surface area contributed by atoms with Gasteiger partial charge in [-0.15, -0.1) is 11.8 Å². The molecule has 1 atom stereocenters. The number of carbonyl (C=O) groups excluding carboxylic acids is 1. The number of benzene rings is 2. The molecule has 1 saturated carbocycles. The van der Waals surface area contributed by atoms with Gasteiger partial charge in [-0.25, -0.2) is 17.2 Å². The van der Waals surface area contributed by atoms with Crippen LogP contribution in [0.5, 0.6) is 0 Å².